The molecule has 0 saturated carbocycles. The van der Waals surface area contributed by atoms with Gasteiger partial charge in [0.1, 0.15) is 11.4 Å². The van der Waals surface area contributed by atoms with E-state index in [1.165, 1.54) is 37.0 Å². The van der Waals surface area contributed by atoms with Gasteiger partial charge in [0.25, 0.3) is 0 Å². The van der Waals surface area contributed by atoms with Crippen molar-refractivity contribution in [2.75, 3.05) is 13.1 Å². The van der Waals surface area contributed by atoms with Gasteiger partial charge in [-0.05, 0) is 38.1 Å². The third-order valence-electron chi connectivity index (χ3n) is 3.46. The molecular formula is C14H16FNO. The SMILES string of the molecule is Fc1ccc2c(CN3CCCCC3)coc2c1. The summed E-state index contributed by atoms with van der Waals surface area (Å²) in [6.45, 7) is 3.24. The molecule has 1 fully saturated rings. The molecule has 2 heterocycles. The molecule has 17 heavy (non-hydrogen) atoms. The highest BCUT2D eigenvalue weighted by molar-refractivity contribution is 5.80. The highest BCUT2D eigenvalue weighted by Crippen LogP contribution is 2.24. The van der Waals surface area contributed by atoms with Gasteiger partial charge in [-0.3, -0.25) is 4.90 Å². The molecule has 0 amide bonds. The van der Waals surface area contributed by atoms with Gasteiger partial charge in [0.05, 0.1) is 6.26 Å². The fourth-order valence-electron chi connectivity index (χ4n) is 2.54. The molecule has 1 aromatic heterocycles. The van der Waals surface area contributed by atoms with Gasteiger partial charge in [0, 0.05) is 23.6 Å². The zero-order chi connectivity index (χ0) is 11.7. The third kappa shape index (κ3) is 2.20. The van der Waals surface area contributed by atoms with Crippen LogP contribution in [-0.4, -0.2) is 18.0 Å². The van der Waals surface area contributed by atoms with Crippen LogP contribution in [0.3, 0.4) is 0 Å². The number of benzene rings is 1. The number of rotatable bonds is 2. The van der Waals surface area contributed by atoms with E-state index in [9.17, 15) is 4.39 Å². The Morgan fingerprint density at radius 3 is 2.82 bits per heavy atom. The average Bonchev–Trinajstić information content (AvgIpc) is 2.73. The van der Waals surface area contributed by atoms with E-state index in [-0.39, 0.29) is 5.82 Å². The Labute approximate surface area is 100 Å². The maximum Gasteiger partial charge on any atom is 0.137 e. The molecule has 1 saturated heterocycles. The lowest BCUT2D eigenvalue weighted by atomic mass is 10.1. The van der Waals surface area contributed by atoms with Crippen LogP contribution in [0, 0.1) is 5.82 Å². The number of hydrogen-bond acceptors (Lipinski definition) is 2. The molecular weight excluding hydrogens is 217 g/mol. The van der Waals surface area contributed by atoms with Crippen molar-refractivity contribution in [1.82, 2.24) is 4.90 Å². The predicted octanol–water partition coefficient (Wildman–Crippen LogP) is 3.56. The van der Waals surface area contributed by atoms with E-state index in [0.29, 0.717) is 5.58 Å². The summed E-state index contributed by atoms with van der Waals surface area (Å²) in [7, 11) is 0. The largest absolute Gasteiger partial charge is 0.464 e. The summed E-state index contributed by atoms with van der Waals surface area (Å²) >= 11 is 0. The summed E-state index contributed by atoms with van der Waals surface area (Å²) < 4.78 is 18.4. The first kappa shape index (κ1) is 10.8. The van der Waals surface area contributed by atoms with Gasteiger partial charge in [-0.1, -0.05) is 6.42 Å². The summed E-state index contributed by atoms with van der Waals surface area (Å²) in [6, 6.07) is 4.76. The number of piperidine rings is 1. The van der Waals surface area contributed by atoms with Crippen LogP contribution in [0.1, 0.15) is 24.8 Å². The first-order chi connectivity index (χ1) is 8.33. The van der Waals surface area contributed by atoms with E-state index < -0.39 is 0 Å². The van der Waals surface area contributed by atoms with Gasteiger partial charge in [-0.2, -0.15) is 0 Å². The number of halogens is 1. The summed E-state index contributed by atoms with van der Waals surface area (Å²) in [6.07, 6.45) is 5.67. The van der Waals surface area contributed by atoms with E-state index in [1.807, 2.05) is 6.07 Å². The van der Waals surface area contributed by atoms with E-state index in [2.05, 4.69) is 4.90 Å². The van der Waals surface area contributed by atoms with Crippen LogP contribution < -0.4 is 0 Å². The quantitative estimate of drug-likeness (QED) is 0.788. The Hall–Kier alpha value is -1.35. The number of hydrogen-bond donors (Lipinski definition) is 0. The number of furan rings is 1. The minimum Gasteiger partial charge on any atom is -0.464 e. The van der Waals surface area contributed by atoms with Gasteiger partial charge in [0.15, 0.2) is 0 Å². The number of fused-ring (bicyclic) bond motifs is 1. The summed E-state index contributed by atoms with van der Waals surface area (Å²) in [4.78, 5) is 2.44. The van der Waals surface area contributed by atoms with E-state index in [1.54, 1.807) is 6.26 Å². The van der Waals surface area contributed by atoms with Gasteiger partial charge in [-0.15, -0.1) is 0 Å². The van der Waals surface area contributed by atoms with Crippen LogP contribution in [0.25, 0.3) is 11.0 Å². The summed E-state index contributed by atoms with van der Waals surface area (Å²) in [5, 5.41) is 1.04. The molecule has 0 bridgehead atoms. The van der Waals surface area contributed by atoms with Gasteiger partial charge < -0.3 is 4.42 Å². The molecule has 2 aromatic rings. The van der Waals surface area contributed by atoms with Crippen LogP contribution >= 0.6 is 0 Å². The molecule has 0 unspecified atom stereocenters. The second-order valence-corrected chi connectivity index (χ2v) is 4.74. The Morgan fingerprint density at radius 2 is 2.00 bits per heavy atom. The number of nitrogens with zero attached hydrogens (tertiary/aromatic N) is 1. The smallest absolute Gasteiger partial charge is 0.137 e. The lowest BCUT2D eigenvalue weighted by molar-refractivity contribution is 0.221. The predicted molar refractivity (Wildman–Crippen MR) is 65.3 cm³/mol. The first-order valence-electron chi connectivity index (χ1n) is 6.21. The fraction of sp³-hybridized carbons (Fsp3) is 0.429. The summed E-state index contributed by atoms with van der Waals surface area (Å²) in [5.74, 6) is -0.239. The minimum absolute atomic E-state index is 0.239. The van der Waals surface area contributed by atoms with Crippen molar-refractivity contribution in [2.24, 2.45) is 0 Å². The van der Waals surface area contributed by atoms with Crippen molar-refractivity contribution in [3.63, 3.8) is 0 Å². The second-order valence-electron chi connectivity index (χ2n) is 4.74. The lowest BCUT2D eigenvalue weighted by Crippen LogP contribution is -2.28. The van der Waals surface area contributed by atoms with Crippen molar-refractivity contribution in [3.8, 4) is 0 Å². The zero-order valence-electron chi connectivity index (χ0n) is 9.79. The standard InChI is InChI=1S/C14H16FNO/c15-12-4-5-13-11(10-17-14(13)8-12)9-16-6-2-1-3-7-16/h4-5,8,10H,1-3,6-7,9H2. The third-order valence-corrected chi connectivity index (χ3v) is 3.46. The molecule has 0 spiro atoms. The van der Waals surface area contributed by atoms with Crippen LogP contribution in [-0.2, 0) is 6.54 Å². The Kier molecular flexibility index (Phi) is 2.85. The Bertz CT molecular complexity index is 514. The highest BCUT2D eigenvalue weighted by atomic mass is 19.1. The van der Waals surface area contributed by atoms with Crippen molar-refractivity contribution in [3.05, 3.63) is 35.8 Å². The normalized spacial score (nSPS) is 17.7. The van der Waals surface area contributed by atoms with Crippen LogP contribution in [0.15, 0.2) is 28.9 Å². The van der Waals surface area contributed by atoms with Gasteiger partial charge >= 0.3 is 0 Å². The second kappa shape index (κ2) is 4.49. The minimum atomic E-state index is -0.239. The van der Waals surface area contributed by atoms with Crippen LogP contribution in [0.5, 0.6) is 0 Å². The molecule has 1 aliphatic rings. The maximum absolute atomic E-state index is 13.0. The molecule has 1 aromatic carbocycles. The first-order valence-corrected chi connectivity index (χ1v) is 6.21. The Balaban J connectivity index is 1.84. The number of likely N-dealkylation sites (tertiary alicyclic amines) is 1. The van der Waals surface area contributed by atoms with Gasteiger partial charge in [0.2, 0.25) is 0 Å². The highest BCUT2D eigenvalue weighted by Gasteiger charge is 2.13. The van der Waals surface area contributed by atoms with Crippen molar-refractivity contribution >= 4 is 11.0 Å². The molecule has 90 valence electrons. The molecule has 2 nitrogen and oxygen atoms in total. The molecule has 3 heteroatoms. The topological polar surface area (TPSA) is 16.4 Å². The monoisotopic (exact) mass is 233 g/mol. The molecule has 0 radical (unpaired) electrons. The van der Waals surface area contributed by atoms with Crippen LogP contribution in [0.4, 0.5) is 4.39 Å². The molecule has 0 aliphatic carbocycles. The van der Waals surface area contributed by atoms with Crippen molar-refractivity contribution in [1.29, 1.82) is 0 Å². The van der Waals surface area contributed by atoms with E-state index >= 15 is 0 Å². The van der Waals surface area contributed by atoms with Crippen LogP contribution in [0.2, 0.25) is 0 Å². The molecule has 3 rings (SSSR count). The van der Waals surface area contributed by atoms with Crippen molar-refractivity contribution < 1.29 is 8.81 Å². The average molecular weight is 233 g/mol. The Morgan fingerprint density at radius 1 is 1.18 bits per heavy atom. The summed E-state index contributed by atoms with van der Waals surface area (Å²) in [5.41, 5.74) is 1.82. The molecule has 0 atom stereocenters. The lowest BCUT2D eigenvalue weighted by Gasteiger charge is -2.25. The molecule has 0 N–H and O–H groups in total. The fourth-order valence-corrected chi connectivity index (χ4v) is 2.54. The van der Waals surface area contributed by atoms with Gasteiger partial charge in [-0.25, -0.2) is 4.39 Å². The van der Waals surface area contributed by atoms with E-state index in [0.717, 1.165) is 25.0 Å². The van der Waals surface area contributed by atoms with E-state index in [4.69, 9.17) is 4.42 Å². The zero-order valence-corrected chi connectivity index (χ0v) is 9.79. The maximum atomic E-state index is 13.0. The van der Waals surface area contributed by atoms with Crippen molar-refractivity contribution in [2.45, 2.75) is 25.8 Å². The molecule has 1 aliphatic heterocycles.